The maximum atomic E-state index is 12.6. The Morgan fingerprint density at radius 2 is 2.00 bits per heavy atom. The second kappa shape index (κ2) is 2.78. The van der Waals surface area contributed by atoms with Gasteiger partial charge in [-0.1, -0.05) is 0 Å². The lowest BCUT2D eigenvalue weighted by Gasteiger charge is -1.98. The van der Waals surface area contributed by atoms with Crippen molar-refractivity contribution in [2.75, 3.05) is 0 Å². The third-order valence-corrected chi connectivity index (χ3v) is 1.42. The van der Waals surface area contributed by atoms with E-state index >= 15 is 0 Å². The molecule has 1 rings (SSSR count). The normalized spacial score (nSPS) is 9.73. The lowest BCUT2D eigenvalue weighted by Crippen LogP contribution is -1.93. The van der Waals surface area contributed by atoms with Crippen LogP contribution < -0.4 is 0 Å². The van der Waals surface area contributed by atoms with Gasteiger partial charge in [-0.25, -0.2) is 8.78 Å². The first kappa shape index (κ1) is 7.85. The summed E-state index contributed by atoms with van der Waals surface area (Å²) < 4.78 is 25.0. The molecule has 0 fully saturated rings. The van der Waals surface area contributed by atoms with Crippen LogP contribution in [0.5, 0.6) is 0 Å². The third kappa shape index (κ3) is 1.42. The predicted octanol–water partition coefficient (Wildman–Crippen LogP) is 2.09. The Hall–Kier alpha value is -1.25. The summed E-state index contributed by atoms with van der Waals surface area (Å²) in [6, 6.07) is 1.81. The van der Waals surface area contributed by atoms with Crippen molar-refractivity contribution in [3.05, 3.63) is 34.9 Å². The molecule has 0 unspecified atom stereocenters. The van der Waals surface area contributed by atoms with Gasteiger partial charge in [-0.3, -0.25) is 4.79 Å². The average molecular weight is 156 g/mol. The van der Waals surface area contributed by atoms with Gasteiger partial charge in [0.25, 0.3) is 0 Å². The van der Waals surface area contributed by atoms with Crippen molar-refractivity contribution in [2.45, 2.75) is 6.92 Å². The number of aryl methyl sites for hydroxylation is 1. The Balaban J connectivity index is 3.36. The van der Waals surface area contributed by atoms with E-state index in [4.69, 9.17) is 0 Å². The molecule has 0 heterocycles. The van der Waals surface area contributed by atoms with Crippen LogP contribution in [-0.4, -0.2) is 6.29 Å². The Morgan fingerprint density at radius 1 is 1.36 bits per heavy atom. The SMILES string of the molecule is Cc1cc(F)cc(F)c1C=O. The summed E-state index contributed by atoms with van der Waals surface area (Å²) in [5, 5.41) is 0. The van der Waals surface area contributed by atoms with E-state index < -0.39 is 11.6 Å². The van der Waals surface area contributed by atoms with Crippen LogP contribution in [0.3, 0.4) is 0 Å². The van der Waals surface area contributed by atoms with Gasteiger partial charge >= 0.3 is 0 Å². The second-order valence-electron chi connectivity index (χ2n) is 2.24. The molecule has 0 radical (unpaired) electrons. The number of aldehydes is 1. The van der Waals surface area contributed by atoms with E-state index in [-0.39, 0.29) is 5.56 Å². The number of carbonyl (C=O) groups excluding carboxylic acids is 1. The van der Waals surface area contributed by atoms with E-state index in [2.05, 4.69) is 0 Å². The van der Waals surface area contributed by atoms with Crippen molar-refractivity contribution in [1.29, 1.82) is 0 Å². The zero-order valence-electron chi connectivity index (χ0n) is 5.90. The molecule has 0 atom stereocenters. The van der Waals surface area contributed by atoms with Crippen molar-refractivity contribution in [3.63, 3.8) is 0 Å². The van der Waals surface area contributed by atoms with Crippen LogP contribution in [0.15, 0.2) is 12.1 Å². The van der Waals surface area contributed by atoms with Crippen molar-refractivity contribution in [3.8, 4) is 0 Å². The van der Waals surface area contributed by atoms with Crippen LogP contribution in [0.25, 0.3) is 0 Å². The summed E-state index contributed by atoms with van der Waals surface area (Å²) in [4.78, 5) is 10.2. The monoisotopic (exact) mass is 156 g/mol. The molecule has 1 aromatic rings. The quantitative estimate of drug-likeness (QED) is 0.569. The van der Waals surface area contributed by atoms with Crippen LogP contribution in [0.1, 0.15) is 15.9 Å². The highest BCUT2D eigenvalue weighted by Gasteiger charge is 2.05. The maximum Gasteiger partial charge on any atom is 0.153 e. The molecule has 0 aliphatic heterocycles. The van der Waals surface area contributed by atoms with Crippen molar-refractivity contribution < 1.29 is 13.6 Å². The van der Waals surface area contributed by atoms with Crippen LogP contribution in [-0.2, 0) is 0 Å². The van der Waals surface area contributed by atoms with Gasteiger partial charge in [-0.15, -0.1) is 0 Å². The van der Waals surface area contributed by atoms with E-state index in [9.17, 15) is 13.6 Å². The van der Waals surface area contributed by atoms with Crippen LogP contribution >= 0.6 is 0 Å². The van der Waals surface area contributed by atoms with Crippen molar-refractivity contribution in [1.82, 2.24) is 0 Å². The summed E-state index contributed by atoms with van der Waals surface area (Å²) in [7, 11) is 0. The van der Waals surface area contributed by atoms with E-state index in [1.807, 2.05) is 0 Å². The summed E-state index contributed by atoms with van der Waals surface area (Å²) >= 11 is 0. The molecule has 1 nitrogen and oxygen atoms in total. The van der Waals surface area contributed by atoms with Gasteiger partial charge in [-0.05, 0) is 18.6 Å². The van der Waals surface area contributed by atoms with Crippen molar-refractivity contribution in [2.24, 2.45) is 0 Å². The van der Waals surface area contributed by atoms with E-state index in [1.54, 1.807) is 0 Å². The number of carbonyl (C=O) groups is 1. The highest BCUT2D eigenvalue weighted by Crippen LogP contribution is 2.12. The van der Waals surface area contributed by atoms with E-state index in [1.165, 1.54) is 6.92 Å². The molecule has 58 valence electrons. The number of benzene rings is 1. The minimum Gasteiger partial charge on any atom is -0.298 e. The smallest absolute Gasteiger partial charge is 0.153 e. The summed E-state index contributed by atoms with van der Waals surface area (Å²) in [5.41, 5.74) is 0.240. The topological polar surface area (TPSA) is 17.1 Å². The van der Waals surface area contributed by atoms with Gasteiger partial charge in [0.1, 0.15) is 11.6 Å². The van der Waals surface area contributed by atoms with Crippen molar-refractivity contribution >= 4 is 6.29 Å². The van der Waals surface area contributed by atoms with Crippen LogP contribution in [0.2, 0.25) is 0 Å². The first-order chi connectivity index (χ1) is 5.15. The lowest BCUT2D eigenvalue weighted by molar-refractivity contribution is 0.111. The largest absolute Gasteiger partial charge is 0.298 e. The number of hydrogen-bond acceptors (Lipinski definition) is 1. The van der Waals surface area contributed by atoms with Gasteiger partial charge < -0.3 is 0 Å². The minimum atomic E-state index is -0.808. The standard InChI is InChI=1S/C8H6F2O/c1-5-2-6(9)3-8(10)7(5)4-11/h2-4H,1H3. The molecular weight excluding hydrogens is 150 g/mol. The van der Waals surface area contributed by atoms with Crippen LogP contribution in [0, 0.1) is 18.6 Å². The van der Waals surface area contributed by atoms with E-state index in [0.717, 1.165) is 6.07 Å². The highest BCUT2D eigenvalue weighted by molar-refractivity contribution is 5.77. The molecular formula is C8H6F2O. The molecule has 11 heavy (non-hydrogen) atoms. The first-order valence-electron chi connectivity index (χ1n) is 3.06. The summed E-state index contributed by atoms with van der Waals surface area (Å²) in [6.07, 6.45) is 0.379. The lowest BCUT2D eigenvalue weighted by atomic mass is 10.1. The fraction of sp³-hybridized carbons (Fsp3) is 0.125. The molecule has 0 aliphatic rings. The Kier molecular flexibility index (Phi) is 1.98. The minimum absolute atomic E-state index is 0.0774. The van der Waals surface area contributed by atoms with Gasteiger partial charge in [0, 0.05) is 6.07 Å². The van der Waals surface area contributed by atoms with Gasteiger partial charge in [0.15, 0.2) is 6.29 Å². The average Bonchev–Trinajstić information content (AvgIpc) is 1.85. The maximum absolute atomic E-state index is 12.6. The Bertz CT molecular complexity index is 271. The Labute approximate surface area is 62.7 Å². The third-order valence-electron chi connectivity index (χ3n) is 1.42. The zero-order chi connectivity index (χ0) is 8.43. The number of rotatable bonds is 1. The molecule has 0 bridgehead atoms. The fourth-order valence-corrected chi connectivity index (χ4v) is 0.863. The number of hydrogen-bond donors (Lipinski definition) is 0. The Morgan fingerprint density at radius 3 is 2.45 bits per heavy atom. The molecule has 3 heteroatoms. The zero-order valence-corrected chi connectivity index (χ0v) is 5.90. The number of halogens is 2. The summed E-state index contributed by atoms with van der Waals surface area (Å²) in [5.74, 6) is -1.47. The highest BCUT2D eigenvalue weighted by atomic mass is 19.1. The van der Waals surface area contributed by atoms with Gasteiger partial charge in [0.2, 0.25) is 0 Å². The fourth-order valence-electron chi connectivity index (χ4n) is 0.863. The molecule has 0 amide bonds. The molecule has 0 spiro atoms. The molecule has 0 saturated carbocycles. The first-order valence-corrected chi connectivity index (χ1v) is 3.06. The molecule has 1 aromatic carbocycles. The molecule has 0 aliphatic carbocycles. The van der Waals surface area contributed by atoms with Crippen LogP contribution in [0.4, 0.5) is 8.78 Å². The summed E-state index contributed by atoms with van der Waals surface area (Å²) in [6.45, 7) is 1.48. The van der Waals surface area contributed by atoms with Gasteiger partial charge in [-0.2, -0.15) is 0 Å². The van der Waals surface area contributed by atoms with Gasteiger partial charge in [0.05, 0.1) is 5.56 Å². The van der Waals surface area contributed by atoms with E-state index in [0.29, 0.717) is 17.9 Å². The molecule has 0 aromatic heterocycles. The predicted molar refractivity (Wildman–Crippen MR) is 36.5 cm³/mol. The molecule has 0 saturated heterocycles. The second-order valence-corrected chi connectivity index (χ2v) is 2.24. The molecule has 0 N–H and O–H groups in total.